The van der Waals surface area contributed by atoms with E-state index in [-0.39, 0.29) is 0 Å². The van der Waals surface area contributed by atoms with Gasteiger partial charge in [-0.1, -0.05) is 60.3 Å². The van der Waals surface area contributed by atoms with Crippen LogP contribution in [0.3, 0.4) is 0 Å². The highest BCUT2D eigenvalue weighted by Crippen LogP contribution is 2.45. The summed E-state index contributed by atoms with van der Waals surface area (Å²) in [5.74, 6) is 6.20. The Hall–Kier alpha value is -0.0700. The minimum atomic E-state index is -0.498. The molecule has 154 valence electrons. The van der Waals surface area contributed by atoms with E-state index in [9.17, 15) is 4.39 Å². The minimum absolute atomic E-state index is 0.498. The standard InChI is InChI=1S/C25H47F/c1-6-7-18(2)8-9-19(3)20(4)16-23-10-11-24(17-21(23)5)22-12-14-25(26)15-13-22/h18-25H,6-17H2,1-5H3. The summed E-state index contributed by atoms with van der Waals surface area (Å²) in [5, 5.41) is 0. The second-order valence-corrected chi connectivity index (χ2v) is 10.5. The Labute approximate surface area is 164 Å². The average molecular weight is 367 g/mol. The van der Waals surface area contributed by atoms with Crippen molar-refractivity contribution in [2.45, 2.75) is 118 Å². The molecule has 0 spiro atoms. The van der Waals surface area contributed by atoms with Gasteiger partial charge in [-0.15, -0.1) is 0 Å². The molecule has 26 heavy (non-hydrogen) atoms. The van der Waals surface area contributed by atoms with Crippen molar-refractivity contribution in [3.05, 3.63) is 0 Å². The third-order valence-corrected chi connectivity index (χ3v) is 8.30. The fourth-order valence-corrected chi connectivity index (χ4v) is 6.01. The third kappa shape index (κ3) is 6.83. The molecule has 0 heterocycles. The summed E-state index contributed by atoms with van der Waals surface area (Å²) in [7, 11) is 0. The van der Waals surface area contributed by atoms with Gasteiger partial charge in [-0.2, -0.15) is 0 Å². The molecule has 0 N–H and O–H groups in total. The Kier molecular flexibility index (Phi) is 9.45. The van der Waals surface area contributed by atoms with Crippen molar-refractivity contribution in [3.63, 3.8) is 0 Å². The van der Waals surface area contributed by atoms with Crippen LogP contribution in [0, 0.1) is 41.4 Å². The Balaban J connectivity index is 1.71. The van der Waals surface area contributed by atoms with Crippen molar-refractivity contribution < 1.29 is 4.39 Å². The van der Waals surface area contributed by atoms with Gasteiger partial charge in [0.2, 0.25) is 0 Å². The van der Waals surface area contributed by atoms with Crippen LogP contribution in [0.1, 0.15) is 112 Å². The van der Waals surface area contributed by atoms with Gasteiger partial charge < -0.3 is 0 Å². The largest absolute Gasteiger partial charge is 0.247 e. The van der Waals surface area contributed by atoms with Crippen LogP contribution in [-0.2, 0) is 0 Å². The quantitative estimate of drug-likeness (QED) is 0.384. The molecule has 0 aromatic carbocycles. The summed E-state index contributed by atoms with van der Waals surface area (Å²) in [6, 6.07) is 0. The molecule has 2 fully saturated rings. The summed E-state index contributed by atoms with van der Waals surface area (Å²) in [6.45, 7) is 12.3. The molecule has 0 aliphatic heterocycles. The Bertz CT molecular complexity index is 370. The van der Waals surface area contributed by atoms with Gasteiger partial charge in [0.25, 0.3) is 0 Å². The van der Waals surface area contributed by atoms with Crippen LogP contribution in [0.15, 0.2) is 0 Å². The fourth-order valence-electron chi connectivity index (χ4n) is 6.01. The number of halogens is 1. The minimum Gasteiger partial charge on any atom is -0.247 e. The van der Waals surface area contributed by atoms with Crippen molar-refractivity contribution in [3.8, 4) is 0 Å². The highest BCUT2D eigenvalue weighted by molar-refractivity contribution is 4.85. The van der Waals surface area contributed by atoms with Crippen LogP contribution >= 0.6 is 0 Å². The third-order valence-electron chi connectivity index (χ3n) is 8.30. The zero-order chi connectivity index (χ0) is 19.1. The molecule has 0 saturated heterocycles. The van der Waals surface area contributed by atoms with Gasteiger partial charge in [0, 0.05) is 0 Å². The van der Waals surface area contributed by atoms with Crippen LogP contribution < -0.4 is 0 Å². The molecule has 2 aliphatic rings. The monoisotopic (exact) mass is 366 g/mol. The zero-order valence-electron chi connectivity index (χ0n) is 18.5. The molecule has 0 nitrogen and oxygen atoms in total. The van der Waals surface area contributed by atoms with Gasteiger partial charge >= 0.3 is 0 Å². The zero-order valence-corrected chi connectivity index (χ0v) is 18.5. The maximum atomic E-state index is 13.4. The SMILES string of the molecule is CCCC(C)CCC(C)C(C)CC1CCC(C2CCC(F)CC2)CC1C. The lowest BCUT2D eigenvalue weighted by Crippen LogP contribution is -2.31. The molecule has 0 aromatic rings. The van der Waals surface area contributed by atoms with Crippen LogP contribution in [0.5, 0.6) is 0 Å². The lowest BCUT2D eigenvalue weighted by Gasteiger charge is -2.41. The predicted molar refractivity (Wildman–Crippen MR) is 113 cm³/mol. The van der Waals surface area contributed by atoms with Crippen LogP contribution in [0.4, 0.5) is 4.39 Å². The Morgan fingerprint density at radius 3 is 2.08 bits per heavy atom. The van der Waals surface area contributed by atoms with Crippen molar-refractivity contribution in [2.75, 3.05) is 0 Å². The molecular formula is C25H47F. The number of alkyl halides is 1. The molecule has 0 bridgehead atoms. The average Bonchev–Trinajstić information content (AvgIpc) is 2.62. The highest BCUT2D eigenvalue weighted by atomic mass is 19.1. The van der Waals surface area contributed by atoms with E-state index in [1.807, 2.05) is 0 Å². The van der Waals surface area contributed by atoms with Gasteiger partial charge in [-0.25, -0.2) is 4.39 Å². The summed E-state index contributed by atoms with van der Waals surface area (Å²) in [5.41, 5.74) is 0. The van der Waals surface area contributed by atoms with Crippen molar-refractivity contribution in [2.24, 2.45) is 41.4 Å². The molecule has 6 atom stereocenters. The van der Waals surface area contributed by atoms with Crippen molar-refractivity contribution in [1.82, 2.24) is 0 Å². The van der Waals surface area contributed by atoms with E-state index >= 15 is 0 Å². The normalized spacial score (nSPS) is 36.5. The number of rotatable bonds is 9. The van der Waals surface area contributed by atoms with E-state index in [4.69, 9.17) is 0 Å². The van der Waals surface area contributed by atoms with Gasteiger partial charge in [-0.3, -0.25) is 0 Å². The lowest BCUT2D eigenvalue weighted by atomic mass is 9.65. The molecule has 2 aliphatic carbocycles. The van der Waals surface area contributed by atoms with Gasteiger partial charge in [-0.05, 0) is 92.8 Å². The molecule has 0 amide bonds. The number of hydrogen-bond donors (Lipinski definition) is 0. The maximum Gasteiger partial charge on any atom is 0.100 e. The maximum absolute atomic E-state index is 13.4. The predicted octanol–water partition coefficient (Wildman–Crippen LogP) is 8.45. The van der Waals surface area contributed by atoms with Crippen LogP contribution in [-0.4, -0.2) is 6.17 Å². The van der Waals surface area contributed by atoms with E-state index in [1.54, 1.807) is 0 Å². The Morgan fingerprint density at radius 2 is 1.46 bits per heavy atom. The lowest BCUT2D eigenvalue weighted by molar-refractivity contribution is 0.0872. The van der Waals surface area contributed by atoms with Crippen molar-refractivity contribution >= 4 is 0 Å². The topological polar surface area (TPSA) is 0 Å². The Morgan fingerprint density at radius 1 is 0.808 bits per heavy atom. The van der Waals surface area contributed by atoms with Gasteiger partial charge in [0.1, 0.15) is 6.17 Å². The fraction of sp³-hybridized carbons (Fsp3) is 1.00. The molecule has 0 radical (unpaired) electrons. The summed E-state index contributed by atoms with van der Waals surface area (Å²) in [4.78, 5) is 0. The molecule has 2 saturated carbocycles. The van der Waals surface area contributed by atoms with E-state index < -0.39 is 6.17 Å². The van der Waals surface area contributed by atoms with Gasteiger partial charge in [0.05, 0.1) is 0 Å². The summed E-state index contributed by atoms with van der Waals surface area (Å²) in [6.07, 6.45) is 14.8. The first-order valence-corrected chi connectivity index (χ1v) is 12.0. The first-order chi connectivity index (χ1) is 12.4. The van der Waals surface area contributed by atoms with E-state index in [0.29, 0.717) is 0 Å². The van der Waals surface area contributed by atoms with Crippen molar-refractivity contribution in [1.29, 1.82) is 0 Å². The molecule has 2 rings (SSSR count). The molecular weight excluding hydrogens is 319 g/mol. The summed E-state index contributed by atoms with van der Waals surface area (Å²) < 4.78 is 13.4. The first kappa shape index (κ1) is 22.2. The second-order valence-electron chi connectivity index (χ2n) is 10.5. The van der Waals surface area contributed by atoms with E-state index in [0.717, 1.165) is 67.1 Å². The van der Waals surface area contributed by atoms with Gasteiger partial charge in [0.15, 0.2) is 0 Å². The smallest absolute Gasteiger partial charge is 0.100 e. The highest BCUT2D eigenvalue weighted by Gasteiger charge is 2.34. The van der Waals surface area contributed by atoms with E-state index in [1.165, 1.54) is 51.4 Å². The number of hydrogen-bond acceptors (Lipinski definition) is 0. The molecule has 1 heteroatoms. The van der Waals surface area contributed by atoms with E-state index in [2.05, 4.69) is 34.6 Å². The summed E-state index contributed by atoms with van der Waals surface area (Å²) >= 11 is 0. The van der Waals surface area contributed by atoms with Crippen LogP contribution in [0.2, 0.25) is 0 Å². The molecule has 0 aromatic heterocycles. The second kappa shape index (κ2) is 11.1. The molecule has 6 unspecified atom stereocenters. The first-order valence-electron chi connectivity index (χ1n) is 12.0. The van der Waals surface area contributed by atoms with Crippen LogP contribution in [0.25, 0.3) is 0 Å².